The third kappa shape index (κ3) is 3.41. The van der Waals surface area contributed by atoms with Gasteiger partial charge in [-0.1, -0.05) is 13.8 Å². The van der Waals surface area contributed by atoms with Gasteiger partial charge in [0.1, 0.15) is 10.6 Å². The second-order valence-electron chi connectivity index (χ2n) is 6.67. The van der Waals surface area contributed by atoms with Crippen LogP contribution in [0.15, 0.2) is 23.1 Å². The Hall–Kier alpha value is -2.13. The van der Waals surface area contributed by atoms with Crippen LogP contribution in [0.25, 0.3) is 0 Å². The lowest BCUT2D eigenvalue weighted by atomic mass is 9.76. The van der Waals surface area contributed by atoms with Gasteiger partial charge in [-0.25, -0.2) is 13.1 Å². The fourth-order valence-corrected chi connectivity index (χ4v) is 4.13. The first kappa shape index (κ1) is 20.2. The molecule has 9 heteroatoms. The smallest absolute Gasteiger partial charge is 0.311 e. The van der Waals surface area contributed by atoms with E-state index in [-0.39, 0.29) is 28.7 Å². The van der Waals surface area contributed by atoms with Crippen molar-refractivity contribution in [3.63, 3.8) is 0 Å². The molecule has 1 amide bonds. The van der Waals surface area contributed by atoms with Crippen molar-refractivity contribution in [3.05, 3.63) is 23.8 Å². The van der Waals surface area contributed by atoms with Gasteiger partial charge in [-0.3, -0.25) is 9.59 Å². The van der Waals surface area contributed by atoms with Gasteiger partial charge in [-0.2, -0.15) is 0 Å². The van der Waals surface area contributed by atoms with E-state index in [1.807, 2.05) is 13.8 Å². The second kappa shape index (κ2) is 7.24. The molecule has 1 unspecified atom stereocenters. The lowest BCUT2D eigenvalue weighted by Gasteiger charge is -2.28. The average Bonchev–Trinajstić information content (AvgIpc) is 3.07. The van der Waals surface area contributed by atoms with E-state index in [1.165, 1.54) is 37.3 Å². The van der Waals surface area contributed by atoms with Crippen LogP contribution in [-0.2, 0) is 14.8 Å². The predicted octanol–water partition coefficient (Wildman–Crippen LogP) is 1.18. The summed E-state index contributed by atoms with van der Waals surface area (Å²) in [6.07, 6.45) is 0.365. The molecule has 1 aliphatic heterocycles. The van der Waals surface area contributed by atoms with E-state index in [9.17, 15) is 23.1 Å². The van der Waals surface area contributed by atoms with Gasteiger partial charge in [-0.05, 0) is 37.6 Å². The van der Waals surface area contributed by atoms with Crippen LogP contribution in [0, 0.1) is 11.3 Å². The largest absolute Gasteiger partial charge is 0.495 e. The van der Waals surface area contributed by atoms with E-state index in [0.29, 0.717) is 13.0 Å². The Morgan fingerprint density at radius 2 is 2.00 bits per heavy atom. The van der Waals surface area contributed by atoms with Gasteiger partial charge >= 0.3 is 5.97 Å². The number of likely N-dealkylation sites (tertiary alicyclic amines) is 1. The van der Waals surface area contributed by atoms with Gasteiger partial charge in [0.2, 0.25) is 10.0 Å². The topological polar surface area (TPSA) is 113 Å². The number of hydrogen-bond acceptors (Lipinski definition) is 5. The quantitative estimate of drug-likeness (QED) is 0.761. The third-order valence-electron chi connectivity index (χ3n) is 5.09. The Morgan fingerprint density at radius 1 is 1.35 bits per heavy atom. The van der Waals surface area contributed by atoms with Gasteiger partial charge < -0.3 is 14.7 Å². The molecule has 0 saturated carbocycles. The summed E-state index contributed by atoms with van der Waals surface area (Å²) in [5, 5.41) is 9.61. The molecule has 0 bridgehead atoms. The maximum absolute atomic E-state index is 12.8. The molecule has 0 aliphatic carbocycles. The molecule has 1 fully saturated rings. The summed E-state index contributed by atoms with van der Waals surface area (Å²) < 4.78 is 31.6. The van der Waals surface area contributed by atoms with Crippen molar-refractivity contribution >= 4 is 21.9 Å². The van der Waals surface area contributed by atoms with Crippen LogP contribution in [0.1, 0.15) is 30.6 Å². The molecule has 1 aromatic carbocycles. The van der Waals surface area contributed by atoms with Gasteiger partial charge in [0.05, 0.1) is 12.5 Å². The first-order chi connectivity index (χ1) is 12.1. The molecule has 1 atom stereocenters. The van der Waals surface area contributed by atoms with E-state index in [0.717, 1.165) is 0 Å². The van der Waals surface area contributed by atoms with Crippen molar-refractivity contribution in [2.24, 2.45) is 11.3 Å². The highest BCUT2D eigenvalue weighted by molar-refractivity contribution is 7.89. The number of benzene rings is 1. The molecular formula is C17H24N2O6S. The zero-order valence-electron chi connectivity index (χ0n) is 15.3. The van der Waals surface area contributed by atoms with E-state index in [1.54, 1.807) is 0 Å². The maximum atomic E-state index is 12.8. The number of aliphatic carboxylic acids is 1. The van der Waals surface area contributed by atoms with Crippen LogP contribution in [0.2, 0.25) is 0 Å². The van der Waals surface area contributed by atoms with Crippen LogP contribution in [0.5, 0.6) is 5.75 Å². The summed E-state index contributed by atoms with van der Waals surface area (Å²) in [5.41, 5.74) is -0.813. The Balaban J connectivity index is 2.37. The molecule has 2 N–H and O–H groups in total. The van der Waals surface area contributed by atoms with Crippen LogP contribution in [0.4, 0.5) is 0 Å². The van der Waals surface area contributed by atoms with E-state index < -0.39 is 27.3 Å². The average molecular weight is 384 g/mol. The Kier molecular flexibility index (Phi) is 5.62. The van der Waals surface area contributed by atoms with Gasteiger partial charge in [-0.15, -0.1) is 0 Å². The number of methoxy groups -OCH3 is 1. The summed E-state index contributed by atoms with van der Waals surface area (Å²) in [4.78, 5) is 25.9. The van der Waals surface area contributed by atoms with Crippen molar-refractivity contribution in [1.29, 1.82) is 0 Å². The number of carboxylic acids is 1. The molecule has 2 rings (SSSR count). The standard InChI is InChI=1S/C17H24N2O6S/c1-11(2)17(16(21)22)7-8-19(10-17)15(20)12-5-6-13(25-4)14(9-12)26(23,24)18-3/h5-6,9,11,18H,7-8,10H2,1-4H3,(H,21,22). The van der Waals surface area contributed by atoms with Crippen molar-refractivity contribution in [1.82, 2.24) is 9.62 Å². The van der Waals surface area contributed by atoms with Crippen LogP contribution < -0.4 is 9.46 Å². The number of hydrogen-bond donors (Lipinski definition) is 2. The minimum Gasteiger partial charge on any atom is -0.495 e. The van der Waals surface area contributed by atoms with Gasteiger partial charge in [0.25, 0.3) is 5.91 Å². The van der Waals surface area contributed by atoms with Gasteiger partial charge in [0, 0.05) is 18.7 Å². The highest BCUT2D eigenvalue weighted by Gasteiger charge is 2.48. The lowest BCUT2D eigenvalue weighted by Crippen LogP contribution is -2.40. The van der Waals surface area contributed by atoms with E-state index in [2.05, 4.69) is 4.72 Å². The maximum Gasteiger partial charge on any atom is 0.311 e. The molecule has 8 nitrogen and oxygen atoms in total. The highest BCUT2D eigenvalue weighted by Crippen LogP contribution is 2.39. The van der Waals surface area contributed by atoms with Crippen molar-refractivity contribution in [2.75, 3.05) is 27.2 Å². The van der Waals surface area contributed by atoms with E-state index in [4.69, 9.17) is 4.74 Å². The molecule has 1 aliphatic rings. The summed E-state index contributed by atoms with van der Waals surface area (Å²) in [7, 11) is -1.20. The SMILES string of the molecule is CNS(=O)(=O)c1cc(C(=O)N2CCC(C(=O)O)(C(C)C)C2)ccc1OC. The number of nitrogens with zero attached hydrogens (tertiary/aromatic N) is 1. The molecular weight excluding hydrogens is 360 g/mol. The summed E-state index contributed by atoms with van der Waals surface area (Å²) in [6, 6.07) is 4.15. The third-order valence-corrected chi connectivity index (χ3v) is 6.52. The fraction of sp³-hybridized carbons (Fsp3) is 0.529. The molecule has 0 aromatic heterocycles. The lowest BCUT2D eigenvalue weighted by molar-refractivity contribution is -0.150. The predicted molar refractivity (Wildman–Crippen MR) is 94.7 cm³/mol. The first-order valence-electron chi connectivity index (χ1n) is 8.23. The normalized spacial score (nSPS) is 20.4. The first-order valence-corrected chi connectivity index (χ1v) is 9.71. The van der Waals surface area contributed by atoms with E-state index >= 15 is 0 Å². The Bertz CT molecular complexity index is 821. The van der Waals surface area contributed by atoms with Gasteiger partial charge in [0.15, 0.2) is 0 Å². The number of rotatable bonds is 6. The monoisotopic (exact) mass is 384 g/mol. The second-order valence-corrected chi connectivity index (χ2v) is 8.52. The van der Waals surface area contributed by atoms with Crippen LogP contribution >= 0.6 is 0 Å². The number of amides is 1. The molecule has 0 radical (unpaired) electrons. The fourth-order valence-electron chi connectivity index (χ4n) is 3.21. The van der Waals surface area contributed by atoms with Crippen LogP contribution in [0.3, 0.4) is 0 Å². The molecule has 1 aromatic rings. The number of carboxylic acid groups (broad SMARTS) is 1. The summed E-state index contributed by atoms with van der Waals surface area (Å²) >= 11 is 0. The minimum atomic E-state index is -3.81. The number of sulfonamides is 1. The zero-order chi connectivity index (χ0) is 19.7. The molecule has 1 saturated heterocycles. The van der Waals surface area contributed by atoms with Crippen LogP contribution in [-0.4, -0.2) is 57.5 Å². The number of ether oxygens (including phenoxy) is 1. The summed E-state index contributed by atoms with van der Waals surface area (Å²) in [5.74, 6) is -1.33. The highest BCUT2D eigenvalue weighted by atomic mass is 32.2. The zero-order valence-corrected chi connectivity index (χ0v) is 16.1. The van der Waals surface area contributed by atoms with Crippen molar-refractivity contribution < 1.29 is 27.9 Å². The molecule has 1 heterocycles. The van der Waals surface area contributed by atoms with Crippen molar-refractivity contribution in [2.45, 2.75) is 25.2 Å². The number of nitrogens with one attached hydrogen (secondary N) is 1. The summed E-state index contributed by atoms with van der Waals surface area (Å²) in [6.45, 7) is 4.06. The van der Waals surface area contributed by atoms with Crippen molar-refractivity contribution in [3.8, 4) is 5.75 Å². The molecule has 144 valence electrons. The minimum absolute atomic E-state index is 0.0962. The molecule has 26 heavy (non-hydrogen) atoms. The Morgan fingerprint density at radius 3 is 2.46 bits per heavy atom. The molecule has 0 spiro atoms. The Labute approximate surface area is 153 Å². The number of carbonyl (C=O) groups excluding carboxylic acids is 1. The number of carbonyl (C=O) groups is 2.